The number of rotatable bonds is 2. The van der Waals surface area contributed by atoms with Crippen LogP contribution in [0.1, 0.15) is 55.0 Å². The lowest BCUT2D eigenvalue weighted by atomic mass is 10.2. The van der Waals surface area contributed by atoms with Gasteiger partial charge in [0.25, 0.3) is 5.91 Å². The maximum absolute atomic E-state index is 12.2. The summed E-state index contributed by atoms with van der Waals surface area (Å²) in [5, 5.41) is 0. The fraction of sp³-hybridized carbons (Fsp3) is 0.615. The number of nitrogens with two attached hydrogens (primary N) is 1. The fourth-order valence-corrected chi connectivity index (χ4v) is 2.14. The molecule has 1 saturated heterocycles. The van der Waals surface area contributed by atoms with Crippen molar-refractivity contribution in [2.24, 2.45) is 5.73 Å². The minimum atomic E-state index is -0.166. The molecule has 1 amide bonds. The summed E-state index contributed by atoms with van der Waals surface area (Å²) in [6, 6.07) is 3.35. The van der Waals surface area contributed by atoms with Gasteiger partial charge in [0.15, 0.2) is 5.76 Å². The number of amides is 1. The average Bonchev–Trinajstić information content (AvgIpc) is 2.65. The second-order valence-corrected chi connectivity index (χ2v) is 4.70. The Morgan fingerprint density at radius 3 is 2.47 bits per heavy atom. The highest BCUT2D eigenvalue weighted by Crippen LogP contribution is 2.18. The molecule has 2 heterocycles. The summed E-state index contributed by atoms with van der Waals surface area (Å²) < 4.78 is 5.48. The van der Waals surface area contributed by atoms with Gasteiger partial charge in [0.1, 0.15) is 5.76 Å². The molecule has 4 heteroatoms. The number of carbonyl (C=O) groups is 1. The van der Waals surface area contributed by atoms with E-state index in [1.54, 1.807) is 12.1 Å². The highest BCUT2D eigenvalue weighted by Gasteiger charge is 2.20. The van der Waals surface area contributed by atoms with Crippen LogP contribution in [0.4, 0.5) is 0 Å². The van der Waals surface area contributed by atoms with Gasteiger partial charge >= 0.3 is 0 Å². The topological polar surface area (TPSA) is 59.5 Å². The van der Waals surface area contributed by atoms with Gasteiger partial charge in [-0.3, -0.25) is 4.79 Å². The monoisotopic (exact) mass is 236 g/mol. The number of carbonyl (C=O) groups excluding carboxylic acids is 1. The molecule has 0 spiro atoms. The number of hydrogen-bond donors (Lipinski definition) is 1. The standard InChI is InChI=1S/C13H20N2O2/c1-10(14)11-6-7-12(17-11)13(16)15-8-4-2-3-5-9-15/h6-7,10H,2-5,8-9,14H2,1H3. The molecule has 0 radical (unpaired) electrons. The molecule has 2 rings (SSSR count). The van der Waals surface area contributed by atoms with Crippen molar-refractivity contribution in [1.82, 2.24) is 4.90 Å². The van der Waals surface area contributed by atoms with Gasteiger partial charge in [-0.15, -0.1) is 0 Å². The van der Waals surface area contributed by atoms with E-state index >= 15 is 0 Å². The minimum Gasteiger partial charge on any atom is -0.454 e. The Morgan fingerprint density at radius 1 is 1.29 bits per heavy atom. The van der Waals surface area contributed by atoms with Crippen molar-refractivity contribution in [3.8, 4) is 0 Å². The summed E-state index contributed by atoms with van der Waals surface area (Å²) in [4.78, 5) is 14.1. The summed E-state index contributed by atoms with van der Waals surface area (Å²) in [6.45, 7) is 3.53. The molecule has 0 saturated carbocycles. The van der Waals surface area contributed by atoms with Crippen LogP contribution in [-0.4, -0.2) is 23.9 Å². The van der Waals surface area contributed by atoms with E-state index in [4.69, 9.17) is 10.2 Å². The molecule has 1 aliphatic rings. The Morgan fingerprint density at radius 2 is 1.94 bits per heavy atom. The fourth-order valence-electron chi connectivity index (χ4n) is 2.14. The molecule has 0 aromatic carbocycles. The second-order valence-electron chi connectivity index (χ2n) is 4.70. The number of furan rings is 1. The third-order valence-electron chi connectivity index (χ3n) is 3.18. The van der Waals surface area contributed by atoms with E-state index in [1.807, 2.05) is 11.8 Å². The summed E-state index contributed by atoms with van der Waals surface area (Å²) in [5.41, 5.74) is 5.71. The lowest BCUT2D eigenvalue weighted by molar-refractivity contribution is 0.0727. The molecule has 0 bridgehead atoms. The number of likely N-dealkylation sites (tertiary alicyclic amines) is 1. The Hall–Kier alpha value is -1.29. The Balaban J connectivity index is 2.06. The minimum absolute atomic E-state index is 0.00111. The van der Waals surface area contributed by atoms with Gasteiger partial charge in [-0.1, -0.05) is 12.8 Å². The first-order valence-corrected chi connectivity index (χ1v) is 6.33. The molecule has 1 fully saturated rings. The summed E-state index contributed by atoms with van der Waals surface area (Å²) in [5.74, 6) is 1.08. The number of hydrogen-bond acceptors (Lipinski definition) is 3. The van der Waals surface area contributed by atoms with Crippen LogP contribution in [-0.2, 0) is 0 Å². The van der Waals surface area contributed by atoms with E-state index in [9.17, 15) is 4.79 Å². The predicted molar refractivity (Wildman–Crippen MR) is 65.7 cm³/mol. The molecule has 1 aliphatic heterocycles. The quantitative estimate of drug-likeness (QED) is 0.857. The normalized spacial score (nSPS) is 18.8. The van der Waals surface area contributed by atoms with Crippen molar-refractivity contribution in [3.05, 3.63) is 23.7 Å². The lowest BCUT2D eigenvalue weighted by Crippen LogP contribution is -2.31. The van der Waals surface area contributed by atoms with Gasteiger partial charge in [0.05, 0.1) is 6.04 Å². The first-order chi connectivity index (χ1) is 8.18. The lowest BCUT2D eigenvalue weighted by Gasteiger charge is -2.18. The molecular formula is C13H20N2O2. The van der Waals surface area contributed by atoms with E-state index < -0.39 is 0 Å². The molecule has 1 aromatic heterocycles. The van der Waals surface area contributed by atoms with Crippen LogP contribution in [0, 0.1) is 0 Å². The van der Waals surface area contributed by atoms with E-state index in [1.165, 1.54) is 12.8 Å². The second kappa shape index (κ2) is 5.36. The van der Waals surface area contributed by atoms with Crippen molar-refractivity contribution in [2.75, 3.05) is 13.1 Å². The van der Waals surface area contributed by atoms with Gasteiger partial charge in [0, 0.05) is 13.1 Å². The highest BCUT2D eigenvalue weighted by molar-refractivity contribution is 5.91. The molecule has 0 aliphatic carbocycles. The van der Waals surface area contributed by atoms with Crippen LogP contribution in [0.25, 0.3) is 0 Å². The predicted octanol–water partition coefficient (Wildman–Crippen LogP) is 2.32. The Labute approximate surface area is 102 Å². The van der Waals surface area contributed by atoms with Crippen LogP contribution in [0.5, 0.6) is 0 Å². The summed E-state index contributed by atoms with van der Waals surface area (Å²) >= 11 is 0. The third-order valence-corrected chi connectivity index (χ3v) is 3.18. The van der Waals surface area contributed by atoms with E-state index in [0.29, 0.717) is 11.5 Å². The molecule has 94 valence electrons. The van der Waals surface area contributed by atoms with Crippen LogP contribution in [0.15, 0.2) is 16.5 Å². The van der Waals surface area contributed by atoms with Crippen molar-refractivity contribution >= 4 is 5.91 Å². The summed E-state index contributed by atoms with van der Waals surface area (Å²) in [7, 11) is 0. The Kier molecular flexibility index (Phi) is 3.84. The van der Waals surface area contributed by atoms with Crippen LogP contribution < -0.4 is 5.73 Å². The van der Waals surface area contributed by atoms with Crippen LogP contribution in [0.3, 0.4) is 0 Å². The smallest absolute Gasteiger partial charge is 0.289 e. The van der Waals surface area contributed by atoms with E-state index in [2.05, 4.69) is 0 Å². The van der Waals surface area contributed by atoms with E-state index in [0.717, 1.165) is 25.9 Å². The van der Waals surface area contributed by atoms with Crippen molar-refractivity contribution in [3.63, 3.8) is 0 Å². The maximum Gasteiger partial charge on any atom is 0.289 e. The zero-order valence-corrected chi connectivity index (χ0v) is 10.3. The first-order valence-electron chi connectivity index (χ1n) is 6.33. The average molecular weight is 236 g/mol. The molecular weight excluding hydrogens is 216 g/mol. The van der Waals surface area contributed by atoms with Gasteiger partial charge < -0.3 is 15.1 Å². The van der Waals surface area contributed by atoms with Crippen molar-refractivity contribution in [1.29, 1.82) is 0 Å². The van der Waals surface area contributed by atoms with Crippen molar-refractivity contribution < 1.29 is 9.21 Å². The Bertz CT molecular complexity index is 377. The van der Waals surface area contributed by atoms with Gasteiger partial charge in [-0.2, -0.15) is 0 Å². The zero-order valence-electron chi connectivity index (χ0n) is 10.3. The van der Waals surface area contributed by atoms with Crippen LogP contribution in [0.2, 0.25) is 0 Å². The van der Waals surface area contributed by atoms with Crippen LogP contribution >= 0.6 is 0 Å². The highest BCUT2D eigenvalue weighted by atomic mass is 16.4. The molecule has 1 unspecified atom stereocenters. The first kappa shape index (κ1) is 12.2. The largest absolute Gasteiger partial charge is 0.454 e. The maximum atomic E-state index is 12.2. The summed E-state index contributed by atoms with van der Waals surface area (Å²) in [6.07, 6.45) is 4.61. The van der Waals surface area contributed by atoms with Crippen molar-refractivity contribution in [2.45, 2.75) is 38.6 Å². The zero-order chi connectivity index (χ0) is 12.3. The molecule has 1 aromatic rings. The molecule has 2 N–H and O–H groups in total. The molecule has 4 nitrogen and oxygen atoms in total. The molecule has 1 atom stereocenters. The SMILES string of the molecule is CC(N)c1ccc(C(=O)N2CCCCCC2)o1. The van der Waals surface area contributed by atoms with Gasteiger partial charge in [-0.05, 0) is 31.9 Å². The number of nitrogens with zero attached hydrogens (tertiary/aromatic N) is 1. The molecule has 17 heavy (non-hydrogen) atoms. The van der Waals surface area contributed by atoms with E-state index in [-0.39, 0.29) is 11.9 Å². The van der Waals surface area contributed by atoms with Gasteiger partial charge in [-0.25, -0.2) is 0 Å². The van der Waals surface area contributed by atoms with Gasteiger partial charge in [0.2, 0.25) is 0 Å². The third kappa shape index (κ3) is 2.88.